The van der Waals surface area contributed by atoms with Crippen molar-refractivity contribution in [3.63, 3.8) is 0 Å². The zero-order valence-corrected chi connectivity index (χ0v) is 42.2. The lowest BCUT2D eigenvalue weighted by molar-refractivity contribution is -0.265. The van der Waals surface area contributed by atoms with Crippen LogP contribution in [0.3, 0.4) is 0 Å². The minimum Gasteiger partial charge on any atom is -0.460 e. The third-order valence-electron chi connectivity index (χ3n) is 14.9. The van der Waals surface area contributed by atoms with Crippen LogP contribution >= 0.6 is 0 Å². The van der Waals surface area contributed by atoms with E-state index in [-0.39, 0.29) is 80.4 Å². The quantitative estimate of drug-likeness (QED) is 0.122. The molecule has 1 saturated carbocycles. The second kappa shape index (κ2) is 27.3. The van der Waals surface area contributed by atoms with Crippen LogP contribution < -0.4 is 0 Å². The van der Waals surface area contributed by atoms with Crippen LogP contribution in [-0.4, -0.2) is 139 Å². The van der Waals surface area contributed by atoms with Crippen molar-refractivity contribution in [3.8, 4) is 0 Å². The summed E-state index contributed by atoms with van der Waals surface area (Å²) in [7, 11) is 4.84. The Morgan fingerprint density at radius 2 is 1.57 bits per heavy atom. The highest BCUT2D eigenvalue weighted by molar-refractivity contribution is 6.39. The molecule has 1 aliphatic carbocycles. The van der Waals surface area contributed by atoms with Gasteiger partial charge in [0.05, 0.1) is 43.7 Å². The number of carbonyl (C=O) groups excluding carboxylic acids is 4. The predicted molar refractivity (Wildman–Crippen MR) is 256 cm³/mol. The highest BCUT2D eigenvalue weighted by atomic mass is 16.6. The van der Waals surface area contributed by atoms with Crippen molar-refractivity contribution in [2.75, 3.05) is 41.1 Å². The molecule has 3 heterocycles. The number of nitrogens with zero attached hydrogens (tertiary/aromatic N) is 1. The van der Waals surface area contributed by atoms with E-state index in [9.17, 15) is 34.5 Å². The van der Waals surface area contributed by atoms with Gasteiger partial charge in [0.2, 0.25) is 5.79 Å². The van der Waals surface area contributed by atoms with Crippen LogP contribution in [0.2, 0.25) is 0 Å². The number of fused-ring (bicyclic) bond motifs is 3. The summed E-state index contributed by atoms with van der Waals surface area (Å²) in [4.78, 5) is 58.4. The first-order valence-electron chi connectivity index (χ1n) is 25.0. The Morgan fingerprint density at radius 3 is 2.25 bits per heavy atom. The fourth-order valence-corrected chi connectivity index (χ4v) is 10.7. The number of allylic oxidation sites excluding steroid dienone is 6. The van der Waals surface area contributed by atoms with Crippen LogP contribution in [-0.2, 0) is 47.6 Å². The van der Waals surface area contributed by atoms with E-state index in [1.165, 1.54) is 4.90 Å². The van der Waals surface area contributed by atoms with Gasteiger partial charge in [-0.3, -0.25) is 14.4 Å². The fourth-order valence-electron chi connectivity index (χ4n) is 10.7. The zero-order valence-electron chi connectivity index (χ0n) is 42.2. The molecule has 15 atom stereocenters. The second-order valence-electron chi connectivity index (χ2n) is 20.3. The van der Waals surface area contributed by atoms with Gasteiger partial charge in [-0.2, -0.15) is 0 Å². The van der Waals surface area contributed by atoms with E-state index in [1.54, 1.807) is 48.2 Å². The molecule has 380 valence electrons. The standard InChI is InChI=1S/C53H85NO13/c1-33-16-12-11-13-17-35(3)45(62-8)31-41-21-19-39(7)53(61,67-41)50(58)51(59)54-23-15-14-18-42(54)52(60)66-46(37(5)29-40-20-22-44(65-25-24-55)47(30-40)63-9)32-43(56)36(4)28-38(6)49(57)48(64-10)27-34(2)26-33/h11-13,16-17,28,33-34,36-37,39-42,44-49,55,57,61H,14-15,18-27,29-32H2,1-10H3/b13-11?,16-12+,35-17?,38-28+/t33-,34-,36-,37-,39-,40+,41?,42+,44-,45+,46+,47-,48+,49-,53-/m1/s1. The summed E-state index contributed by atoms with van der Waals surface area (Å²) >= 11 is 0. The highest BCUT2D eigenvalue weighted by Gasteiger charge is 2.53. The first kappa shape index (κ1) is 56.5. The van der Waals surface area contributed by atoms with E-state index in [4.69, 9.17) is 28.4 Å². The minimum absolute atomic E-state index is 0.0816. The molecule has 4 aliphatic rings. The molecule has 1 amide bonds. The molecule has 0 spiro atoms. The SMILES string of the molecule is CO[C@H]1CC2CC[C@@H](C)[C@@](O)(O2)C(=O)C(=O)N2CCCC[C@H]2C(=O)O[C@H]([C@H](C)C[C@@H]2CC[C@@H](OCCO)[C@H](OC)C2)CC(=O)[C@H](C)/C=C(\C)[C@@H](O)[C@@H](OC)C[C@H](C)C[C@H](C)/C=C/C=CC=C1C. The lowest BCUT2D eigenvalue weighted by atomic mass is 9.78. The van der Waals surface area contributed by atoms with Gasteiger partial charge in [-0.1, -0.05) is 71.1 Å². The van der Waals surface area contributed by atoms with Crippen molar-refractivity contribution >= 4 is 23.4 Å². The van der Waals surface area contributed by atoms with Crippen molar-refractivity contribution in [1.29, 1.82) is 0 Å². The third kappa shape index (κ3) is 16.0. The second-order valence-corrected chi connectivity index (χ2v) is 20.3. The number of Topliss-reactive ketones (excluding diaryl/α,β-unsaturated/α-hetero) is 2. The molecular weight excluding hydrogens is 859 g/mol. The fraction of sp³-hybridized carbons (Fsp3) is 0.774. The monoisotopic (exact) mass is 944 g/mol. The predicted octanol–water partition coefficient (Wildman–Crippen LogP) is 7.02. The molecule has 2 bridgehead atoms. The Bertz CT molecular complexity index is 1730. The smallest absolute Gasteiger partial charge is 0.329 e. The maximum absolute atomic E-state index is 14.5. The van der Waals surface area contributed by atoms with E-state index in [0.717, 1.165) is 24.8 Å². The summed E-state index contributed by atoms with van der Waals surface area (Å²) in [5.74, 6) is -6.38. The van der Waals surface area contributed by atoms with Gasteiger partial charge < -0.3 is 48.6 Å². The number of carbonyl (C=O) groups is 4. The number of ether oxygens (including phenoxy) is 6. The molecule has 14 nitrogen and oxygen atoms in total. The van der Waals surface area contributed by atoms with Gasteiger partial charge in [-0.15, -0.1) is 0 Å². The van der Waals surface area contributed by atoms with Gasteiger partial charge in [-0.25, -0.2) is 4.79 Å². The van der Waals surface area contributed by atoms with Crippen LogP contribution in [0, 0.1) is 35.5 Å². The summed E-state index contributed by atoms with van der Waals surface area (Å²) in [5.41, 5.74) is 1.53. The van der Waals surface area contributed by atoms with Crippen LogP contribution in [0.1, 0.15) is 132 Å². The average molecular weight is 944 g/mol. The number of esters is 1. The van der Waals surface area contributed by atoms with Gasteiger partial charge in [0.15, 0.2) is 0 Å². The number of ketones is 2. The summed E-state index contributed by atoms with van der Waals surface area (Å²) in [6.45, 7) is 13.7. The zero-order chi connectivity index (χ0) is 49.4. The molecule has 3 aliphatic heterocycles. The average Bonchev–Trinajstić information content (AvgIpc) is 3.31. The maximum Gasteiger partial charge on any atom is 0.329 e. The van der Waals surface area contributed by atoms with E-state index < -0.39 is 65.7 Å². The summed E-state index contributed by atoms with van der Waals surface area (Å²) in [6, 6.07) is -1.11. The molecule has 0 aromatic heterocycles. The Balaban J connectivity index is 1.68. The molecule has 67 heavy (non-hydrogen) atoms. The van der Waals surface area contributed by atoms with Crippen LogP contribution in [0.25, 0.3) is 0 Å². The highest BCUT2D eigenvalue weighted by Crippen LogP contribution is 2.38. The molecule has 0 aromatic carbocycles. The first-order chi connectivity index (χ1) is 31.9. The Hall–Kier alpha value is -3.08. The van der Waals surface area contributed by atoms with Gasteiger partial charge in [0.1, 0.15) is 24.0 Å². The first-order valence-corrected chi connectivity index (χ1v) is 25.0. The molecule has 1 unspecified atom stereocenters. The lowest BCUT2D eigenvalue weighted by Crippen LogP contribution is -2.61. The molecule has 4 rings (SSSR count). The van der Waals surface area contributed by atoms with Crippen LogP contribution in [0.15, 0.2) is 47.6 Å². The number of aliphatic hydroxyl groups excluding tert-OH is 2. The Kier molecular flexibility index (Phi) is 23.1. The number of cyclic esters (lactones) is 1. The number of methoxy groups -OCH3 is 3. The number of piperidine rings is 1. The number of amides is 1. The summed E-state index contributed by atoms with van der Waals surface area (Å²) in [5, 5.41) is 32.8. The van der Waals surface area contributed by atoms with Crippen molar-refractivity contribution in [2.45, 2.75) is 186 Å². The number of rotatable bonds is 9. The number of hydrogen-bond acceptors (Lipinski definition) is 13. The molecule has 3 fully saturated rings. The molecule has 2 saturated heterocycles. The molecule has 0 aromatic rings. The minimum atomic E-state index is -2.41. The largest absolute Gasteiger partial charge is 0.460 e. The van der Waals surface area contributed by atoms with Crippen molar-refractivity contribution in [1.82, 2.24) is 4.90 Å². The van der Waals surface area contributed by atoms with Crippen LogP contribution in [0.5, 0.6) is 0 Å². The van der Waals surface area contributed by atoms with Gasteiger partial charge in [0, 0.05) is 52.6 Å². The maximum atomic E-state index is 14.5. The van der Waals surface area contributed by atoms with Crippen LogP contribution in [0.4, 0.5) is 0 Å². The van der Waals surface area contributed by atoms with Gasteiger partial charge in [-0.05, 0) is 119 Å². The van der Waals surface area contributed by atoms with Gasteiger partial charge in [0.25, 0.3) is 11.7 Å². The molecule has 3 N–H and O–H groups in total. The Morgan fingerprint density at radius 1 is 0.836 bits per heavy atom. The van der Waals surface area contributed by atoms with E-state index in [0.29, 0.717) is 56.9 Å². The summed E-state index contributed by atoms with van der Waals surface area (Å²) < 4.78 is 35.9. The molecule has 14 heteroatoms. The van der Waals surface area contributed by atoms with E-state index in [1.807, 2.05) is 38.2 Å². The van der Waals surface area contributed by atoms with Crippen molar-refractivity contribution < 1.29 is 62.9 Å². The van der Waals surface area contributed by atoms with E-state index in [2.05, 4.69) is 19.9 Å². The van der Waals surface area contributed by atoms with Crippen molar-refractivity contribution in [2.24, 2.45) is 35.5 Å². The Labute approximate surface area is 400 Å². The number of hydrogen-bond donors (Lipinski definition) is 3. The number of aliphatic hydroxyl groups is 3. The third-order valence-corrected chi connectivity index (χ3v) is 14.9. The topological polar surface area (TPSA) is 188 Å². The van der Waals surface area contributed by atoms with E-state index >= 15 is 0 Å². The van der Waals surface area contributed by atoms with Gasteiger partial charge >= 0.3 is 5.97 Å². The lowest BCUT2D eigenvalue weighted by Gasteiger charge is -2.42. The summed E-state index contributed by atoms with van der Waals surface area (Å²) in [6.07, 6.45) is 15.1. The normalized spacial score (nSPS) is 38.3. The molecular formula is C53H85NO13. The molecule has 0 radical (unpaired) electrons. The van der Waals surface area contributed by atoms with Crippen molar-refractivity contribution in [3.05, 3.63) is 47.6 Å².